The molecule has 0 aliphatic heterocycles. The maximum atomic E-state index is 5.74. The molecule has 0 heterocycles. The van der Waals surface area contributed by atoms with Gasteiger partial charge in [-0.2, -0.15) is 0 Å². The zero-order valence-electron chi connectivity index (χ0n) is 6.67. The van der Waals surface area contributed by atoms with Crippen LogP contribution in [0.4, 0.5) is 0 Å². The van der Waals surface area contributed by atoms with E-state index in [9.17, 15) is 0 Å². The first-order valence-corrected chi connectivity index (χ1v) is 3.84. The van der Waals surface area contributed by atoms with Gasteiger partial charge in [-0.1, -0.05) is 18.6 Å². The molecule has 3 atom stereocenters. The van der Waals surface area contributed by atoms with Crippen molar-refractivity contribution >= 4 is 0 Å². The molecule has 4 N–H and O–H groups in total. The summed E-state index contributed by atoms with van der Waals surface area (Å²) in [6.07, 6.45) is 3.21. The van der Waals surface area contributed by atoms with Crippen molar-refractivity contribution in [3.05, 3.63) is 11.6 Å². The lowest BCUT2D eigenvalue weighted by Crippen LogP contribution is -2.39. The van der Waals surface area contributed by atoms with Gasteiger partial charge in [-0.15, -0.1) is 0 Å². The molecule has 1 saturated carbocycles. The first kappa shape index (κ1) is 7.76. The Morgan fingerprint density at radius 2 is 2.30 bits per heavy atom. The van der Waals surface area contributed by atoms with E-state index in [1.165, 1.54) is 5.57 Å². The van der Waals surface area contributed by atoms with Gasteiger partial charge >= 0.3 is 0 Å². The lowest BCUT2D eigenvalue weighted by molar-refractivity contribution is 0.415. The average molecular weight is 140 g/mol. The molecular formula is C8H16N2. The molecule has 0 aromatic carbocycles. The van der Waals surface area contributed by atoms with Crippen LogP contribution in [0.3, 0.4) is 0 Å². The smallest absolute Gasteiger partial charge is 0.0262 e. The summed E-state index contributed by atoms with van der Waals surface area (Å²) >= 11 is 0. The van der Waals surface area contributed by atoms with Gasteiger partial charge in [0, 0.05) is 12.1 Å². The van der Waals surface area contributed by atoms with Crippen molar-refractivity contribution in [3.63, 3.8) is 0 Å². The van der Waals surface area contributed by atoms with E-state index in [1.54, 1.807) is 0 Å². The Balaban J connectivity index is 2.54. The molecule has 0 aromatic heterocycles. The normalized spacial score (nSPS) is 39.4. The van der Waals surface area contributed by atoms with E-state index in [2.05, 4.69) is 13.0 Å². The Morgan fingerprint density at radius 1 is 1.70 bits per heavy atom. The fraction of sp³-hybridized carbons (Fsp3) is 0.750. The van der Waals surface area contributed by atoms with Gasteiger partial charge in [-0.3, -0.25) is 0 Å². The SMILES string of the molecule is CC(N)/C=C1/C(C)CC1N. The standard InChI is InChI=1S/C8H16N2/c1-5-3-8(10)7(5)4-6(2)9/h4-6,8H,3,9-10H2,1-2H3/b7-4-. The Bertz CT molecular complexity index is 139. The number of hydrogen-bond acceptors (Lipinski definition) is 2. The van der Waals surface area contributed by atoms with Crippen molar-refractivity contribution in [2.75, 3.05) is 0 Å². The van der Waals surface area contributed by atoms with Crippen LogP contribution in [0.1, 0.15) is 20.3 Å². The largest absolute Gasteiger partial charge is 0.325 e. The third kappa shape index (κ3) is 1.39. The highest BCUT2D eigenvalue weighted by atomic mass is 14.7. The first-order chi connectivity index (χ1) is 4.61. The fourth-order valence-corrected chi connectivity index (χ4v) is 1.45. The summed E-state index contributed by atoms with van der Waals surface area (Å²) < 4.78 is 0. The second-order valence-electron chi connectivity index (χ2n) is 3.27. The van der Waals surface area contributed by atoms with Crippen LogP contribution in [0.15, 0.2) is 11.6 Å². The predicted octanol–water partition coefficient (Wildman–Crippen LogP) is 0.627. The highest BCUT2D eigenvalue weighted by molar-refractivity contribution is 5.23. The molecule has 10 heavy (non-hydrogen) atoms. The van der Waals surface area contributed by atoms with Crippen LogP contribution in [0.25, 0.3) is 0 Å². The average Bonchev–Trinajstić information content (AvgIpc) is 1.84. The summed E-state index contributed by atoms with van der Waals surface area (Å²) in [5.41, 5.74) is 12.7. The molecular weight excluding hydrogens is 124 g/mol. The molecule has 2 nitrogen and oxygen atoms in total. The van der Waals surface area contributed by atoms with Crippen LogP contribution in [0.5, 0.6) is 0 Å². The van der Waals surface area contributed by atoms with E-state index < -0.39 is 0 Å². The first-order valence-electron chi connectivity index (χ1n) is 3.84. The fourth-order valence-electron chi connectivity index (χ4n) is 1.45. The van der Waals surface area contributed by atoms with Crippen molar-refractivity contribution in [1.82, 2.24) is 0 Å². The third-order valence-electron chi connectivity index (χ3n) is 2.06. The van der Waals surface area contributed by atoms with Crippen LogP contribution < -0.4 is 11.5 Å². The van der Waals surface area contributed by atoms with E-state index in [0.29, 0.717) is 12.0 Å². The highest BCUT2D eigenvalue weighted by Crippen LogP contribution is 2.31. The molecule has 1 aliphatic carbocycles. The zero-order valence-corrected chi connectivity index (χ0v) is 6.67. The second-order valence-corrected chi connectivity index (χ2v) is 3.27. The van der Waals surface area contributed by atoms with E-state index in [4.69, 9.17) is 11.5 Å². The highest BCUT2D eigenvalue weighted by Gasteiger charge is 2.27. The van der Waals surface area contributed by atoms with Gasteiger partial charge < -0.3 is 11.5 Å². The van der Waals surface area contributed by atoms with Gasteiger partial charge in [0.25, 0.3) is 0 Å². The molecule has 0 spiro atoms. The molecule has 58 valence electrons. The zero-order chi connectivity index (χ0) is 7.72. The molecule has 1 fully saturated rings. The van der Waals surface area contributed by atoms with E-state index in [0.717, 1.165) is 6.42 Å². The Hall–Kier alpha value is -0.340. The van der Waals surface area contributed by atoms with Crippen molar-refractivity contribution in [3.8, 4) is 0 Å². The molecule has 0 aromatic rings. The van der Waals surface area contributed by atoms with Crippen molar-refractivity contribution < 1.29 is 0 Å². The van der Waals surface area contributed by atoms with Crippen molar-refractivity contribution in [2.24, 2.45) is 17.4 Å². The van der Waals surface area contributed by atoms with Gasteiger partial charge in [0.1, 0.15) is 0 Å². The third-order valence-corrected chi connectivity index (χ3v) is 2.06. The molecule has 2 heteroatoms. The summed E-state index contributed by atoms with van der Waals surface area (Å²) in [5, 5.41) is 0. The van der Waals surface area contributed by atoms with Crippen LogP contribution in [0.2, 0.25) is 0 Å². The van der Waals surface area contributed by atoms with Crippen LogP contribution in [0, 0.1) is 5.92 Å². The number of rotatable bonds is 1. The van der Waals surface area contributed by atoms with E-state index in [1.807, 2.05) is 6.92 Å². The van der Waals surface area contributed by atoms with E-state index >= 15 is 0 Å². The molecule has 0 radical (unpaired) electrons. The molecule has 1 aliphatic rings. The van der Waals surface area contributed by atoms with Gasteiger partial charge in [0.15, 0.2) is 0 Å². The molecule has 0 bridgehead atoms. The minimum absolute atomic E-state index is 0.156. The summed E-state index contributed by atoms with van der Waals surface area (Å²) in [5.74, 6) is 0.668. The Kier molecular flexibility index (Phi) is 2.11. The Labute approximate surface area is 62.3 Å². The molecule has 3 unspecified atom stereocenters. The van der Waals surface area contributed by atoms with Crippen LogP contribution in [-0.2, 0) is 0 Å². The minimum atomic E-state index is 0.156. The topological polar surface area (TPSA) is 52.0 Å². The van der Waals surface area contributed by atoms with Gasteiger partial charge in [0.2, 0.25) is 0 Å². The van der Waals surface area contributed by atoms with E-state index in [-0.39, 0.29) is 6.04 Å². The van der Waals surface area contributed by atoms with Crippen LogP contribution >= 0.6 is 0 Å². The van der Waals surface area contributed by atoms with Gasteiger partial charge in [0.05, 0.1) is 0 Å². The molecule has 0 amide bonds. The summed E-state index contributed by atoms with van der Waals surface area (Å²) in [6.45, 7) is 4.17. The second kappa shape index (κ2) is 2.72. The molecule has 0 saturated heterocycles. The van der Waals surface area contributed by atoms with Crippen LogP contribution in [-0.4, -0.2) is 12.1 Å². The maximum absolute atomic E-state index is 5.74. The number of hydrogen-bond donors (Lipinski definition) is 2. The monoisotopic (exact) mass is 140 g/mol. The van der Waals surface area contributed by atoms with Gasteiger partial charge in [-0.05, 0) is 19.3 Å². The Morgan fingerprint density at radius 3 is 2.50 bits per heavy atom. The summed E-state index contributed by atoms with van der Waals surface area (Å²) in [6, 6.07) is 0.449. The van der Waals surface area contributed by atoms with Crippen molar-refractivity contribution in [1.29, 1.82) is 0 Å². The minimum Gasteiger partial charge on any atom is -0.325 e. The summed E-state index contributed by atoms with van der Waals surface area (Å²) in [4.78, 5) is 0. The quantitative estimate of drug-likeness (QED) is 0.525. The summed E-state index contributed by atoms with van der Waals surface area (Å²) in [7, 11) is 0. The lowest BCUT2D eigenvalue weighted by atomic mass is 9.76. The maximum Gasteiger partial charge on any atom is 0.0262 e. The number of nitrogens with two attached hydrogens (primary N) is 2. The van der Waals surface area contributed by atoms with Gasteiger partial charge in [-0.25, -0.2) is 0 Å². The predicted molar refractivity (Wildman–Crippen MR) is 43.5 cm³/mol. The van der Waals surface area contributed by atoms with Crippen molar-refractivity contribution in [2.45, 2.75) is 32.4 Å². The molecule has 1 rings (SSSR count). The lowest BCUT2D eigenvalue weighted by Gasteiger charge is -2.34.